The summed E-state index contributed by atoms with van der Waals surface area (Å²) in [6.45, 7) is 0. The quantitative estimate of drug-likeness (QED) is 0.778. The highest BCUT2D eigenvalue weighted by atomic mass is 79.9. The number of rotatable bonds is 3. The van der Waals surface area contributed by atoms with E-state index in [0.717, 1.165) is 9.88 Å². The van der Waals surface area contributed by atoms with Gasteiger partial charge in [0.05, 0.1) is 17.4 Å². The van der Waals surface area contributed by atoms with Gasteiger partial charge in [-0.2, -0.15) is 0 Å². The molecule has 0 aromatic heterocycles. The molecular weight excluding hydrogens is 397 g/mol. The molecular formula is C17H13BrFNO3S. The van der Waals surface area contributed by atoms with Crippen LogP contribution in [-0.2, 0) is 9.84 Å². The molecule has 0 bridgehead atoms. The maximum atomic E-state index is 14.0. The summed E-state index contributed by atoms with van der Waals surface area (Å²) in [6.07, 6.45) is 1.45. The number of benzene rings is 2. The molecule has 1 aliphatic rings. The summed E-state index contributed by atoms with van der Waals surface area (Å²) < 4.78 is 38.3. The van der Waals surface area contributed by atoms with E-state index in [2.05, 4.69) is 15.9 Å². The summed E-state index contributed by atoms with van der Waals surface area (Å²) in [5.41, 5.74) is 0.399. The monoisotopic (exact) mass is 409 g/mol. The predicted molar refractivity (Wildman–Crippen MR) is 94.1 cm³/mol. The van der Waals surface area contributed by atoms with Gasteiger partial charge in [-0.25, -0.2) is 12.8 Å². The maximum Gasteiger partial charge on any atom is 0.261 e. The lowest BCUT2D eigenvalue weighted by molar-refractivity contribution is 0.0979. The van der Waals surface area contributed by atoms with Crippen molar-refractivity contribution in [1.82, 2.24) is 0 Å². The lowest BCUT2D eigenvalue weighted by Gasteiger charge is -2.28. The van der Waals surface area contributed by atoms with Gasteiger partial charge in [-0.3, -0.25) is 4.79 Å². The minimum absolute atomic E-state index is 0.0990. The largest absolute Gasteiger partial charge is 0.300 e. The van der Waals surface area contributed by atoms with Crippen LogP contribution in [0.15, 0.2) is 64.5 Å². The van der Waals surface area contributed by atoms with Crippen molar-refractivity contribution in [3.05, 3.63) is 75.9 Å². The number of carbonyl (C=O) groups is 1. The summed E-state index contributed by atoms with van der Waals surface area (Å²) in [5, 5.41) is 1.10. The van der Waals surface area contributed by atoms with E-state index < -0.39 is 27.6 Å². The van der Waals surface area contributed by atoms with E-state index in [9.17, 15) is 17.6 Å². The molecule has 7 heteroatoms. The molecule has 1 unspecified atom stereocenters. The van der Waals surface area contributed by atoms with Gasteiger partial charge in [-0.1, -0.05) is 28.1 Å². The average Bonchev–Trinajstić information content (AvgIpc) is 2.89. The van der Waals surface area contributed by atoms with E-state index in [4.69, 9.17) is 0 Å². The molecule has 0 fully saturated rings. The van der Waals surface area contributed by atoms with Crippen molar-refractivity contribution >= 4 is 37.4 Å². The SMILES string of the molecule is O=C(c1ccccc1F)N(c1ccc(Br)cc1)C1C=CS(=O)(=O)C1. The zero-order chi connectivity index (χ0) is 17.3. The van der Waals surface area contributed by atoms with Crippen molar-refractivity contribution in [2.45, 2.75) is 6.04 Å². The number of halogens is 2. The third kappa shape index (κ3) is 3.42. The summed E-state index contributed by atoms with van der Waals surface area (Å²) in [7, 11) is -3.36. The molecule has 1 amide bonds. The molecule has 2 aromatic rings. The molecule has 1 aliphatic heterocycles. The third-order valence-electron chi connectivity index (χ3n) is 3.67. The number of amides is 1. The summed E-state index contributed by atoms with van der Waals surface area (Å²) >= 11 is 3.32. The zero-order valence-corrected chi connectivity index (χ0v) is 14.8. The Morgan fingerprint density at radius 2 is 1.79 bits per heavy atom. The Morgan fingerprint density at radius 1 is 1.12 bits per heavy atom. The molecule has 124 valence electrons. The van der Waals surface area contributed by atoms with Crippen molar-refractivity contribution in [2.75, 3.05) is 10.7 Å². The highest BCUT2D eigenvalue weighted by Gasteiger charge is 2.32. The molecule has 0 radical (unpaired) electrons. The Kier molecular flexibility index (Phi) is 4.56. The first-order chi connectivity index (χ1) is 11.4. The molecule has 3 rings (SSSR count). The Labute approximate surface area is 147 Å². The first kappa shape index (κ1) is 16.9. The van der Waals surface area contributed by atoms with E-state index in [1.807, 2.05) is 0 Å². The second-order valence-corrected chi connectivity index (χ2v) is 8.20. The van der Waals surface area contributed by atoms with Crippen molar-refractivity contribution in [3.8, 4) is 0 Å². The van der Waals surface area contributed by atoms with Gasteiger partial charge in [0, 0.05) is 15.6 Å². The summed E-state index contributed by atoms with van der Waals surface area (Å²) in [5.74, 6) is -1.44. The van der Waals surface area contributed by atoms with Gasteiger partial charge in [-0.05, 0) is 42.5 Å². The molecule has 4 nitrogen and oxygen atoms in total. The van der Waals surface area contributed by atoms with E-state index >= 15 is 0 Å². The van der Waals surface area contributed by atoms with Gasteiger partial charge < -0.3 is 4.90 Å². The number of sulfone groups is 1. The Hall–Kier alpha value is -1.99. The fourth-order valence-corrected chi connectivity index (χ4v) is 4.08. The molecule has 0 saturated heterocycles. The predicted octanol–water partition coefficient (Wildman–Crippen LogP) is 3.55. The van der Waals surface area contributed by atoms with Crippen LogP contribution in [0.2, 0.25) is 0 Å². The minimum Gasteiger partial charge on any atom is -0.300 e. The first-order valence-corrected chi connectivity index (χ1v) is 9.63. The molecule has 0 spiro atoms. The van der Waals surface area contributed by atoms with E-state index in [0.29, 0.717) is 5.69 Å². The topological polar surface area (TPSA) is 54.5 Å². The normalized spacial score (nSPS) is 18.5. The maximum absolute atomic E-state index is 14.0. The van der Waals surface area contributed by atoms with E-state index in [-0.39, 0.29) is 11.3 Å². The third-order valence-corrected chi connectivity index (χ3v) is 5.58. The Morgan fingerprint density at radius 3 is 2.38 bits per heavy atom. The fourth-order valence-electron chi connectivity index (χ4n) is 2.55. The minimum atomic E-state index is -3.36. The van der Waals surface area contributed by atoms with Gasteiger partial charge in [-0.15, -0.1) is 0 Å². The van der Waals surface area contributed by atoms with E-state index in [1.54, 1.807) is 30.3 Å². The number of hydrogen-bond donors (Lipinski definition) is 0. The van der Waals surface area contributed by atoms with Crippen molar-refractivity contribution in [3.63, 3.8) is 0 Å². The fraction of sp³-hybridized carbons (Fsp3) is 0.118. The highest BCUT2D eigenvalue weighted by molar-refractivity contribution is 9.10. The Bertz CT molecular complexity index is 910. The zero-order valence-electron chi connectivity index (χ0n) is 12.4. The lowest BCUT2D eigenvalue weighted by atomic mass is 10.1. The van der Waals surface area contributed by atoms with Crippen molar-refractivity contribution in [1.29, 1.82) is 0 Å². The standard InChI is InChI=1S/C17H13BrFNO3S/c18-12-5-7-13(8-6-12)20(14-9-10-24(22,23)11-14)17(21)15-3-1-2-4-16(15)19/h1-10,14H,11H2. The van der Waals surface area contributed by atoms with Crippen LogP contribution >= 0.6 is 15.9 Å². The Balaban J connectivity index is 2.05. The molecule has 24 heavy (non-hydrogen) atoms. The lowest BCUT2D eigenvalue weighted by Crippen LogP contribution is -2.41. The van der Waals surface area contributed by atoms with Gasteiger partial charge in [0.1, 0.15) is 5.82 Å². The van der Waals surface area contributed by atoms with Gasteiger partial charge in [0.2, 0.25) is 0 Å². The average molecular weight is 410 g/mol. The molecule has 0 N–H and O–H groups in total. The number of carbonyl (C=O) groups excluding carboxylic acids is 1. The molecule has 0 aliphatic carbocycles. The number of nitrogens with zero attached hydrogens (tertiary/aromatic N) is 1. The van der Waals surface area contributed by atoms with Crippen molar-refractivity contribution in [2.24, 2.45) is 0 Å². The van der Waals surface area contributed by atoms with E-state index in [1.165, 1.54) is 29.2 Å². The van der Waals surface area contributed by atoms with Gasteiger partial charge >= 0.3 is 0 Å². The molecule has 1 atom stereocenters. The smallest absolute Gasteiger partial charge is 0.261 e. The summed E-state index contributed by atoms with van der Waals surface area (Å²) in [4.78, 5) is 14.2. The van der Waals surface area contributed by atoms with Gasteiger partial charge in [0.25, 0.3) is 5.91 Å². The first-order valence-electron chi connectivity index (χ1n) is 7.12. The van der Waals surface area contributed by atoms with Crippen LogP contribution in [0.3, 0.4) is 0 Å². The number of hydrogen-bond acceptors (Lipinski definition) is 3. The van der Waals surface area contributed by atoms with Crippen molar-refractivity contribution < 1.29 is 17.6 Å². The second kappa shape index (κ2) is 6.49. The number of anilines is 1. The van der Waals surface area contributed by atoms with Crippen LogP contribution in [0.4, 0.5) is 10.1 Å². The second-order valence-electron chi connectivity index (χ2n) is 5.36. The van der Waals surface area contributed by atoms with Crippen LogP contribution in [0, 0.1) is 5.82 Å². The van der Waals surface area contributed by atoms with Crippen LogP contribution < -0.4 is 4.90 Å². The van der Waals surface area contributed by atoms with Gasteiger partial charge in [0.15, 0.2) is 9.84 Å². The molecule has 1 heterocycles. The van der Waals surface area contributed by atoms with Crippen LogP contribution in [0.5, 0.6) is 0 Å². The van der Waals surface area contributed by atoms with Crippen LogP contribution in [-0.4, -0.2) is 26.1 Å². The summed E-state index contributed by atoms with van der Waals surface area (Å²) in [6, 6.07) is 11.8. The molecule has 0 saturated carbocycles. The van der Waals surface area contributed by atoms with Crippen LogP contribution in [0.1, 0.15) is 10.4 Å². The molecule has 2 aromatic carbocycles. The highest BCUT2D eigenvalue weighted by Crippen LogP contribution is 2.27. The van der Waals surface area contributed by atoms with Crippen LogP contribution in [0.25, 0.3) is 0 Å².